The normalized spacial score (nSPS) is 11.8. The van der Waals surface area contributed by atoms with Crippen LogP contribution in [-0.4, -0.2) is 11.9 Å². The molecule has 1 N–H and O–H groups in total. The molecule has 0 saturated carbocycles. The van der Waals surface area contributed by atoms with E-state index >= 15 is 0 Å². The molecule has 25 heavy (non-hydrogen) atoms. The molecule has 0 radical (unpaired) electrons. The summed E-state index contributed by atoms with van der Waals surface area (Å²) in [5, 5.41) is 19.0. The molecule has 5 nitrogen and oxygen atoms in total. The summed E-state index contributed by atoms with van der Waals surface area (Å²) in [6.45, 7) is 0.0247. The highest BCUT2D eigenvalue weighted by Crippen LogP contribution is 2.48. The van der Waals surface area contributed by atoms with Crippen molar-refractivity contribution in [2.45, 2.75) is 0 Å². The van der Waals surface area contributed by atoms with Crippen molar-refractivity contribution in [3.63, 3.8) is 0 Å². The van der Waals surface area contributed by atoms with Gasteiger partial charge in [0.15, 0.2) is 11.5 Å². The van der Waals surface area contributed by atoms with Gasteiger partial charge in [-0.15, -0.1) is 0 Å². The Labute approximate surface area is 144 Å². The summed E-state index contributed by atoms with van der Waals surface area (Å²) in [6, 6.07) is 19.9. The fraction of sp³-hybridized carbons (Fsp3) is 0.0500. The van der Waals surface area contributed by atoms with Crippen LogP contribution in [0.5, 0.6) is 28.7 Å². The van der Waals surface area contributed by atoms with Crippen molar-refractivity contribution in [1.29, 1.82) is 5.26 Å². The Hall–Kier alpha value is -3.65. The predicted octanol–water partition coefficient (Wildman–Crippen LogP) is 4.45. The van der Waals surface area contributed by atoms with E-state index in [9.17, 15) is 10.4 Å². The monoisotopic (exact) mass is 331 g/mol. The van der Waals surface area contributed by atoms with Gasteiger partial charge in [0.05, 0.1) is 0 Å². The largest absolute Gasteiger partial charge is 0.508 e. The van der Waals surface area contributed by atoms with E-state index in [4.69, 9.17) is 14.2 Å². The molecule has 0 amide bonds. The molecule has 0 spiro atoms. The smallest absolute Gasteiger partial charge is 0.231 e. The number of benzene rings is 3. The number of aromatic hydroxyl groups is 1. The Morgan fingerprint density at radius 2 is 1.76 bits per heavy atom. The molecule has 0 saturated heterocycles. The average molecular weight is 331 g/mol. The SMILES string of the molecule is N#Cc1c2cc(-c3ccc(O)cc3)c(Oc3ccccc3)c1OCO2. The number of para-hydroxylation sites is 1. The fourth-order valence-electron chi connectivity index (χ4n) is 2.69. The Kier molecular flexibility index (Phi) is 3.64. The van der Waals surface area contributed by atoms with Crippen LogP contribution in [0.15, 0.2) is 60.7 Å². The maximum Gasteiger partial charge on any atom is 0.231 e. The highest BCUT2D eigenvalue weighted by Gasteiger charge is 2.26. The number of hydrogen-bond donors (Lipinski definition) is 1. The maximum atomic E-state index is 9.53. The molecule has 1 aliphatic heterocycles. The van der Waals surface area contributed by atoms with E-state index in [2.05, 4.69) is 6.07 Å². The van der Waals surface area contributed by atoms with Gasteiger partial charge >= 0.3 is 0 Å². The summed E-state index contributed by atoms with van der Waals surface area (Å²) in [4.78, 5) is 0. The third kappa shape index (κ3) is 2.70. The van der Waals surface area contributed by atoms with Crippen molar-refractivity contribution in [3.8, 4) is 45.9 Å². The highest BCUT2D eigenvalue weighted by molar-refractivity contribution is 5.80. The van der Waals surface area contributed by atoms with Gasteiger partial charge in [-0.3, -0.25) is 0 Å². The quantitative estimate of drug-likeness (QED) is 0.767. The lowest BCUT2D eigenvalue weighted by molar-refractivity contribution is 0.101. The molecular formula is C20H13NO4. The van der Waals surface area contributed by atoms with E-state index in [0.29, 0.717) is 34.1 Å². The molecule has 0 atom stereocenters. The van der Waals surface area contributed by atoms with Gasteiger partial charge in [-0.05, 0) is 35.9 Å². The summed E-state index contributed by atoms with van der Waals surface area (Å²) < 4.78 is 17.1. The minimum absolute atomic E-state index is 0.0247. The van der Waals surface area contributed by atoms with Crippen LogP contribution in [0.2, 0.25) is 0 Å². The summed E-state index contributed by atoms with van der Waals surface area (Å²) in [5.74, 6) is 2.05. The first-order chi connectivity index (χ1) is 12.3. The molecule has 122 valence electrons. The number of nitrogens with zero attached hydrogens (tertiary/aromatic N) is 1. The Bertz CT molecular complexity index is 960. The van der Waals surface area contributed by atoms with Crippen LogP contribution in [0.1, 0.15) is 5.56 Å². The molecular weight excluding hydrogens is 318 g/mol. The molecule has 5 heteroatoms. The van der Waals surface area contributed by atoms with Gasteiger partial charge < -0.3 is 19.3 Å². The van der Waals surface area contributed by atoms with Crippen molar-refractivity contribution in [3.05, 3.63) is 66.2 Å². The van der Waals surface area contributed by atoms with Gasteiger partial charge in [0.2, 0.25) is 6.79 Å². The summed E-state index contributed by atoms with van der Waals surface area (Å²) in [7, 11) is 0. The summed E-state index contributed by atoms with van der Waals surface area (Å²) in [5.41, 5.74) is 1.83. The van der Waals surface area contributed by atoms with Crippen molar-refractivity contribution in [2.75, 3.05) is 6.79 Å². The first kappa shape index (κ1) is 14.9. The van der Waals surface area contributed by atoms with Gasteiger partial charge in [0, 0.05) is 5.56 Å². The number of phenols is 1. The van der Waals surface area contributed by atoms with Crippen LogP contribution in [0, 0.1) is 11.3 Å². The molecule has 2 bridgehead atoms. The van der Waals surface area contributed by atoms with E-state index in [1.807, 2.05) is 30.3 Å². The lowest BCUT2D eigenvalue weighted by atomic mass is 10.00. The van der Waals surface area contributed by atoms with Crippen LogP contribution in [-0.2, 0) is 0 Å². The Balaban J connectivity index is 1.92. The maximum absolute atomic E-state index is 9.53. The van der Waals surface area contributed by atoms with Gasteiger partial charge in [0.1, 0.15) is 28.9 Å². The molecule has 4 rings (SSSR count). The van der Waals surface area contributed by atoms with E-state index in [-0.39, 0.29) is 12.5 Å². The summed E-state index contributed by atoms with van der Waals surface area (Å²) in [6.07, 6.45) is 0. The van der Waals surface area contributed by atoms with Crippen molar-refractivity contribution in [1.82, 2.24) is 0 Å². The molecule has 0 fully saturated rings. The number of rotatable bonds is 3. The number of ether oxygens (including phenoxy) is 3. The van der Waals surface area contributed by atoms with Gasteiger partial charge in [-0.1, -0.05) is 30.3 Å². The van der Waals surface area contributed by atoms with E-state index in [1.54, 1.807) is 30.3 Å². The molecule has 0 unspecified atom stereocenters. The van der Waals surface area contributed by atoms with Gasteiger partial charge in [-0.2, -0.15) is 5.26 Å². The molecule has 0 aromatic heterocycles. The van der Waals surface area contributed by atoms with Gasteiger partial charge in [0.25, 0.3) is 0 Å². The summed E-state index contributed by atoms with van der Waals surface area (Å²) >= 11 is 0. The average Bonchev–Trinajstić information content (AvgIpc) is 2.65. The highest BCUT2D eigenvalue weighted by atomic mass is 16.7. The molecule has 3 aromatic carbocycles. The first-order valence-electron chi connectivity index (χ1n) is 7.65. The van der Waals surface area contributed by atoms with Crippen LogP contribution in [0.4, 0.5) is 0 Å². The minimum Gasteiger partial charge on any atom is -0.508 e. The zero-order valence-corrected chi connectivity index (χ0v) is 13.1. The van der Waals surface area contributed by atoms with Crippen molar-refractivity contribution in [2.24, 2.45) is 0 Å². The van der Waals surface area contributed by atoms with E-state index in [1.165, 1.54) is 0 Å². The molecule has 1 heterocycles. The Morgan fingerprint density at radius 1 is 1.00 bits per heavy atom. The second-order valence-corrected chi connectivity index (χ2v) is 5.44. The van der Waals surface area contributed by atoms with Crippen LogP contribution in [0.25, 0.3) is 11.1 Å². The van der Waals surface area contributed by atoms with E-state index in [0.717, 1.165) is 5.56 Å². The second kappa shape index (κ2) is 6.10. The first-order valence-corrected chi connectivity index (χ1v) is 7.65. The Morgan fingerprint density at radius 3 is 2.48 bits per heavy atom. The predicted molar refractivity (Wildman–Crippen MR) is 90.9 cm³/mol. The minimum atomic E-state index is 0.0247. The van der Waals surface area contributed by atoms with Gasteiger partial charge in [-0.25, -0.2) is 0 Å². The second-order valence-electron chi connectivity index (χ2n) is 5.44. The third-order valence-corrected chi connectivity index (χ3v) is 3.87. The molecule has 3 aromatic rings. The molecule has 0 aliphatic carbocycles. The topological polar surface area (TPSA) is 71.7 Å². The molecule has 1 aliphatic rings. The van der Waals surface area contributed by atoms with Crippen LogP contribution < -0.4 is 14.2 Å². The number of fused-ring (bicyclic) bond motifs is 2. The number of phenolic OH excluding ortho intramolecular Hbond substituents is 1. The standard InChI is InChI=1S/C20H13NO4/c21-11-17-18-10-16(13-6-8-14(22)9-7-13)20(19(17)24-12-23-18)25-15-4-2-1-3-5-15/h1-10,22H,12H2. The van der Waals surface area contributed by atoms with E-state index < -0.39 is 0 Å². The fourth-order valence-corrected chi connectivity index (χ4v) is 2.69. The van der Waals surface area contributed by atoms with Crippen LogP contribution >= 0.6 is 0 Å². The number of hydrogen-bond acceptors (Lipinski definition) is 5. The zero-order chi connectivity index (χ0) is 17.2. The number of nitriles is 1. The van der Waals surface area contributed by atoms with Crippen LogP contribution in [0.3, 0.4) is 0 Å². The van der Waals surface area contributed by atoms with Crippen molar-refractivity contribution < 1.29 is 19.3 Å². The zero-order valence-electron chi connectivity index (χ0n) is 13.1. The third-order valence-electron chi connectivity index (χ3n) is 3.87. The van der Waals surface area contributed by atoms with Crippen molar-refractivity contribution >= 4 is 0 Å². The lowest BCUT2D eigenvalue weighted by Crippen LogP contribution is -2.14. The lowest BCUT2D eigenvalue weighted by Gasteiger charge is -2.24.